The summed E-state index contributed by atoms with van der Waals surface area (Å²) < 4.78 is 0. The van der Waals surface area contributed by atoms with Crippen LogP contribution in [0.25, 0.3) is 0 Å². The minimum Gasteiger partial charge on any atom is -0.345 e. The van der Waals surface area contributed by atoms with Crippen LogP contribution in [0.15, 0.2) is 0 Å². The molecule has 0 spiro atoms. The van der Waals surface area contributed by atoms with Crippen molar-refractivity contribution >= 4 is 11.8 Å². The number of amides is 2. The van der Waals surface area contributed by atoms with Gasteiger partial charge in [0, 0.05) is 6.54 Å². The number of carbonyl (C=O) groups excluding carboxylic acids is 2. The molecule has 0 atom stereocenters. The lowest BCUT2D eigenvalue weighted by Crippen LogP contribution is -2.51. The van der Waals surface area contributed by atoms with Gasteiger partial charge in [-0.2, -0.15) is 0 Å². The molecule has 76 valence electrons. The van der Waals surface area contributed by atoms with Crippen molar-refractivity contribution in [1.29, 1.82) is 0 Å². The number of nitrogens with one attached hydrogen (secondary N) is 1. The summed E-state index contributed by atoms with van der Waals surface area (Å²) in [7, 11) is 0. The van der Waals surface area contributed by atoms with Crippen LogP contribution >= 0.6 is 0 Å². The maximum absolute atomic E-state index is 11.0. The van der Waals surface area contributed by atoms with Gasteiger partial charge in [0.15, 0.2) is 0 Å². The summed E-state index contributed by atoms with van der Waals surface area (Å²) in [5, 5.41) is 2.49. The van der Waals surface area contributed by atoms with Crippen LogP contribution in [0.4, 0.5) is 0 Å². The summed E-state index contributed by atoms with van der Waals surface area (Å²) in [6.07, 6.45) is 0.902. The van der Waals surface area contributed by atoms with Gasteiger partial charge in [-0.25, -0.2) is 0 Å². The summed E-state index contributed by atoms with van der Waals surface area (Å²) >= 11 is 0. The molecule has 0 aromatic carbocycles. The molecule has 13 heavy (non-hydrogen) atoms. The summed E-state index contributed by atoms with van der Waals surface area (Å²) in [5.74, 6) is -0.0375. The van der Waals surface area contributed by atoms with Crippen LogP contribution in [0.1, 0.15) is 27.2 Å². The van der Waals surface area contributed by atoms with E-state index in [4.69, 9.17) is 0 Å². The number of piperazine rings is 1. The molecule has 4 heteroatoms. The fraction of sp³-hybridized carbons (Fsp3) is 0.778. The van der Waals surface area contributed by atoms with Gasteiger partial charge in [-0.3, -0.25) is 9.59 Å². The van der Waals surface area contributed by atoms with Crippen LogP contribution in [-0.4, -0.2) is 36.3 Å². The third-order valence-electron chi connectivity index (χ3n) is 1.62. The van der Waals surface area contributed by atoms with Crippen LogP contribution in [0, 0.1) is 0 Å². The Bertz CT molecular complexity index is 180. The Morgan fingerprint density at radius 1 is 1.38 bits per heavy atom. The van der Waals surface area contributed by atoms with Gasteiger partial charge in [0.1, 0.15) is 0 Å². The van der Waals surface area contributed by atoms with Gasteiger partial charge in [-0.1, -0.05) is 20.8 Å². The molecule has 0 radical (unpaired) electrons. The van der Waals surface area contributed by atoms with Gasteiger partial charge < -0.3 is 10.2 Å². The average molecular weight is 186 g/mol. The lowest BCUT2D eigenvalue weighted by Gasteiger charge is -2.25. The Morgan fingerprint density at radius 2 is 2.00 bits per heavy atom. The first-order valence-corrected chi connectivity index (χ1v) is 4.78. The predicted molar refractivity (Wildman–Crippen MR) is 51.2 cm³/mol. The number of hydrogen-bond donors (Lipinski definition) is 1. The van der Waals surface area contributed by atoms with Crippen molar-refractivity contribution in [3.63, 3.8) is 0 Å². The summed E-state index contributed by atoms with van der Waals surface area (Å²) in [6, 6.07) is 0. The zero-order chi connectivity index (χ0) is 10.3. The molecule has 1 heterocycles. The van der Waals surface area contributed by atoms with E-state index >= 15 is 0 Å². The van der Waals surface area contributed by atoms with E-state index in [1.54, 1.807) is 4.90 Å². The first kappa shape index (κ1) is 11.9. The largest absolute Gasteiger partial charge is 0.345 e. The molecule has 0 saturated carbocycles. The Kier molecular flexibility index (Phi) is 5.93. The molecule has 1 aliphatic rings. The van der Waals surface area contributed by atoms with Gasteiger partial charge in [-0.05, 0) is 6.42 Å². The Labute approximate surface area is 79.3 Å². The van der Waals surface area contributed by atoms with Crippen molar-refractivity contribution in [3.05, 3.63) is 0 Å². The van der Waals surface area contributed by atoms with E-state index in [0.717, 1.165) is 6.42 Å². The zero-order valence-electron chi connectivity index (χ0n) is 8.59. The minimum atomic E-state index is -0.0574. The highest BCUT2D eigenvalue weighted by molar-refractivity contribution is 5.92. The smallest absolute Gasteiger partial charge is 0.242 e. The summed E-state index contributed by atoms with van der Waals surface area (Å²) in [6.45, 7) is 7.07. The quantitative estimate of drug-likeness (QED) is 0.678. The molecule has 0 aromatic heterocycles. The molecule has 0 aliphatic carbocycles. The van der Waals surface area contributed by atoms with Crippen LogP contribution in [-0.2, 0) is 9.59 Å². The molecule has 1 aliphatic heterocycles. The lowest BCUT2D eigenvalue weighted by molar-refractivity contribution is -0.140. The average Bonchev–Trinajstić information content (AvgIpc) is 2.15. The molecular weight excluding hydrogens is 168 g/mol. The Balaban J connectivity index is 0.000000671. The highest BCUT2D eigenvalue weighted by Crippen LogP contribution is 1.96. The molecule has 1 rings (SSSR count). The van der Waals surface area contributed by atoms with Gasteiger partial charge in [0.2, 0.25) is 11.8 Å². The van der Waals surface area contributed by atoms with Gasteiger partial charge in [0.05, 0.1) is 13.1 Å². The second kappa shape index (κ2) is 6.46. The standard InChI is InChI=1S/C7H12N2O2.C2H6/c1-2-3-9-5-6(10)8-4-7(9)11;1-2/h2-5H2,1H3,(H,8,10);1-2H3. The zero-order valence-corrected chi connectivity index (χ0v) is 8.59. The molecular formula is C9H18N2O2. The van der Waals surface area contributed by atoms with Crippen LogP contribution in [0.5, 0.6) is 0 Å². The lowest BCUT2D eigenvalue weighted by atomic mass is 10.3. The third-order valence-corrected chi connectivity index (χ3v) is 1.62. The second-order valence-corrected chi connectivity index (χ2v) is 2.59. The van der Waals surface area contributed by atoms with E-state index < -0.39 is 0 Å². The van der Waals surface area contributed by atoms with Crippen molar-refractivity contribution < 1.29 is 9.59 Å². The number of hydrogen-bond acceptors (Lipinski definition) is 2. The van der Waals surface area contributed by atoms with Crippen molar-refractivity contribution in [2.45, 2.75) is 27.2 Å². The minimum absolute atomic E-state index is 0.0199. The Morgan fingerprint density at radius 3 is 2.54 bits per heavy atom. The SMILES string of the molecule is CC.CCCN1CC(=O)NCC1=O. The summed E-state index contributed by atoms with van der Waals surface area (Å²) in [4.78, 5) is 23.4. The molecule has 4 nitrogen and oxygen atoms in total. The van der Waals surface area contributed by atoms with E-state index in [2.05, 4.69) is 5.32 Å². The summed E-state index contributed by atoms with van der Waals surface area (Å²) in [5.41, 5.74) is 0. The first-order valence-electron chi connectivity index (χ1n) is 4.78. The Hall–Kier alpha value is -1.06. The second-order valence-electron chi connectivity index (χ2n) is 2.59. The van der Waals surface area contributed by atoms with E-state index in [9.17, 15) is 9.59 Å². The number of carbonyl (C=O) groups is 2. The van der Waals surface area contributed by atoms with Crippen LogP contribution in [0.2, 0.25) is 0 Å². The monoisotopic (exact) mass is 186 g/mol. The molecule has 1 N–H and O–H groups in total. The van der Waals surface area contributed by atoms with Crippen LogP contribution in [0.3, 0.4) is 0 Å². The highest BCUT2D eigenvalue weighted by atomic mass is 16.2. The maximum atomic E-state index is 11.0. The van der Waals surface area contributed by atoms with Crippen molar-refractivity contribution in [2.75, 3.05) is 19.6 Å². The normalized spacial score (nSPS) is 16.1. The van der Waals surface area contributed by atoms with E-state index in [1.165, 1.54) is 0 Å². The van der Waals surface area contributed by atoms with Crippen molar-refractivity contribution in [3.8, 4) is 0 Å². The maximum Gasteiger partial charge on any atom is 0.242 e. The first-order chi connectivity index (χ1) is 6.24. The van der Waals surface area contributed by atoms with E-state index in [1.807, 2.05) is 20.8 Å². The molecule has 1 fully saturated rings. The van der Waals surface area contributed by atoms with Gasteiger partial charge in [-0.15, -0.1) is 0 Å². The predicted octanol–water partition coefficient (Wildman–Crippen LogP) is 0.381. The number of nitrogens with zero attached hydrogens (tertiary/aromatic N) is 1. The molecule has 2 amide bonds. The van der Waals surface area contributed by atoms with Crippen molar-refractivity contribution in [2.24, 2.45) is 0 Å². The van der Waals surface area contributed by atoms with Gasteiger partial charge in [0.25, 0.3) is 0 Å². The third kappa shape index (κ3) is 3.92. The highest BCUT2D eigenvalue weighted by Gasteiger charge is 2.21. The molecule has 0 bridgehead atoms. The number of rotatable bonds is 2. The van der Waals surface area contributed by atoms with E-state index in [0.29, 0.717) is 6.54 Å². The topological polar surface area (TPSA) is 49.4 Å². The van der Waals surface area contributed by atoms with Gasteiger partial charge >= 0.3 is 0 Å². The molecule has 0 aromatic rings. The van der Waals surface area contributed by atoms with Crippen molar-refractivity contribution in [1.82, 2.24) is 10.2 Å². The molecule has 1 saturated heterocycles. The fourth-order valence-electron chi connectivity index (χ4n) is 1.08. The fourth-order valence-corrected chi connectivity index (χ4v) is 1.08. The molecule has 0 unspecified atom stereocenters. The van der Waals surface area contributed by atoms with E-state index in [-0.39, 0.29) is 24.9 Å². The van der Waals surface area contributed by atoms with Crippen LogP contribution < -0.4 is 5.32 Å².